The normalized spacial score (nSPS) is 13.2. The summed E-state index contributed by atoms with van der Waals surface area (Å²) in [6.07, 6.45) is -3.80. The zero-order chi connectivity index (χ0) is 14.6. The van der Waals surface area contributed by atoms with Gasteiger partial charge in [-0.15, -0.1) is 0 Å². The summed E-state index contributed by atoms with van der Waals surface area (Å²) in [7, 11) is 0. The van der Waals surface area contributed by atoms with Gasteiger partial charge < -0.3 is 11.1 Å². The second-order valence-electron chi connectivity index (χ2n) is 4.26. The average molecular weight is 339 g/mol. The molecule has 0 heterocycles. The molecule has 7 heteroatoms. The third kappa shape index (κ3) is 5.20. The van der Waals surface area contributed by atoms with E-state index in [9.17, 15) is 18.0 Å². The smallest absolute Gasteiger partial charge is 0.328 e. The molecule has 1 rings (SSSR count). The maximum atomic E-state index is 12.5. The van der Waals surface area contributed by atoms with Crippen LogP contribution >= 0.6 is 15.9 Å². The van der Waals surface area contributed by atoms with Gasteiger partial charge in [-0.3, -0.25) is 4.79 Å². The van der Waals surface area contributed by atoms with Crippen LogP contribution in [0.5, 0.6) is 0 Å². The molecule has 19 heavy (non-hydrogen) atoms. The fourth-order valence-corrected chi connectivity index (χ4v) is 1.71. The van der Waals surface area contributed by atoms with Gasteiger partial charge in [0.25, 0.3) is 0 Å². The van der Waals surface area contributed by atoms with Crippen LogP contribution in [0.25, 0.3) is 0 Å². The van der Waals surface area contributed by atoms with Crippen LogP contribution in [-0.2, 0) is 11.0 Å². The number of benzene rings is 1. The zero-order valence-corrected chi connectivity index (χ0v) is 11.8. The molecule has 106 valence electrons. The lowest BCUT2D eigenvalue weighted by Crippen LogP contribution is -2.19. The van der Waals surface area contributed by atoms with Crippen molar-refractivity contribution >= 4 is 27.5 Å². The number of halogens is 4. The van der Waals surface area contributed by atoms with Crippen molar-refractivity contribution in [3.05, 3.63) is 28.2 Å². The van der Waals surface area contributed by atoms with E-state index in [-0.39, 0.29) is 24.1 Å². The predicted molar refractivity (Wildman–Crippen MR) is 70.7 cm³/mol. The molecule has 0 fully saturated rings. The summed E-state index contributed by atoms with van der Waals surface area (Å²) in [5.41, 5.74) is 4.80. The Bertz CT molecular complexity index is 461. The maximum Gasteiger partial charge on any atom is 0.416 e. The van der Waals surface area contributed by atoms with Crippen LogP contribution in [0.3, 0.4) is 0 Å². The van der Waals surface area contributed by atoms with Gasteiger partial charge in [-0.25, -0.2) is 0 Å². The molecule has 1 amide bonds. The number of nitrogens with one attached hydrogen (secondary N) is 1. The number of alkyl halides is 3. The van der Waals surface area contributed by atoms with Gasteiger partial charge in [-0.05, 0) is 47.5 Å². The highest BCUT2D eigenvalue weighted by molar-refractivity contribution is 9.10. The van der Waals surface area contributed by atoms with Crippen LogP contribution in [0.1, 0.15) is 25.3 Å². The average Bonchev–Trinajstić information content (AvgIpc) is 2.28. The van der Waals surface area contributed by atoms with E-state index < -0.39 is 11.7 Å². The first kappa shape index (κ1) is 16.0. The number of nitrogens with two attached hydrogens (primary N) is 1. The van der Waals surface area contributed by atoms with Gasteiger partial charge in [0.15, 0.2) is 0 Å². The first-order chi connectivity index (χ1) is 8.70. The van der Waals surface area contributed by atoms with Crippen molar-refractivity contribution in [1.82, 2.24) is 0 Å². The molecule has 1 aromatic rings. The molecule has 1 atom stereocenters. The number of anilines is 1. The largest absolute Gasteiger partial charge is 0.416 e. The Hall–Kier alpha value is -1.08. The number of hydrogen-bond acceptors (Lipinski definition) is 2. The molecule has 1 unspecified atom stereocenters. The minimum Gasteiger partial charge on any atom is -0.328 e. The van der Waals surface area contributed by atoms with Gasteiger partial charge in [0.05, 0.1) is 11.3 Å². The lowest BCUT2D eigenvalue weighted by Gasteiger charge is -2.12. The summed E-state index contributed by atoms with van der Waals surface area (Å²) in [5.74, 6) is -0.364. The van der Waals surface area contributed by atoms with Crippen molar-refractivity contribution in [3.63, 3.8) is 0 Å². The lowest BCUT2D eigenvalue weighted by molar-refractivity contribution is -0.137. The molecule has 3 N–H and O–H groups in total. The second-order valence-corrected chi connectivity index (χ2v) is 5.11. The van der Waals surface area contributed by atoms with Crippen LogP contribution in [0.4, 0.5) is 18.9 Å². The number of carbonyl (C=O) groups is 1. The molecule has 0 aromatic heterocycles. The Kier molecular flexibility index (Phi) is 5.37. The molecular weight excluding hydrogens is 325 g/mol. The van der Waals surface area contributed by atoms with E-state index in [1.165, 1.54) is 6.07 Å². The molecule has 1 aromatic carbocycles. The number of carbonyl (C=O) groups excluding carboxylic acids is 1. The van der Waals surface area contributed by atoms with Crippen molar-refractivity contribution in [2.24, 2.45) is 5.73 Å². The molecule has 0 aliphatic rings. The van der Waals surface area contributed by atoms with Crippen LogP contribution in [-0.4, -0.2) is 11.9 Å². The van der Waals surface area contributed by atoms with Crippen molar-refractivity contribution in [2.75, 3.05) is 5.32 Å². The molecular formula is C12H14BrF3N2O. The van der Waals surface area contributed by atoms with Crippen molar-refractivity contribution in [2.45, 2.75) is 32.0 Å². The topological polar surface area (TPSA) is 55.1 Å². The fourth-order valence-electron chi connectivity index (χ4n) is 1.37. The zero-order valence-electron chi connectivity index (χ0n) is 10.2. The first-order valence-corrected chi connectivity index (χ1v) is 6.41. The highest BCUT2D eigenvalue weighted by atomic mass is 79.9. The summed E-state index contributed by atoms with van der Waals surface area (Å²) in [5, 5.41) is 2.44. The predicted octanol–water partition coefficient (Wildman–Crippen LogP) is 3.53. The molecule has 0 saturated carbocycles. The van der Waals surface area contributed by atoms with Crippen LogP contribution in [0.2, 0.25) is 0 Å². The minimum atomic E-state index is -4.44. The molecule has 0 aliphatic carbocycles. The summed E-state index contributed by atoms with van der Waals surface area (Å²) in [4.78, 5) is 11.6. The summed E-state index contributed by atoms with van der Waals surface area (Å²) in [6.45, 7) is 1.76. The Morgan fingerprint density at radius 1 is 1.47 bits per heavy atom. The van der Waals surface area contributed by atoms with Gasteiger partial charge in [0.2, 0.25) is 5.91 Å². The third-order valence-corrected chi connectivity index (χ3v) is 3.09. The molecule has 0 spiro atoms. The fraction of sp³-hybridized carbons (Fsp3) is 0.417. The van der Waals surface area contributed by atoms with Crippen molar-refractivity contribution < 1.29 is 18.0 Å². The van der Waals surface area contributed by atoms with Gasteiger partial charge in [-0.1, -0.05) is 0 Å². The Labute approximate surface area is 117 Å². The summed E-state index contributed by atoms with van der Waals surface area (Å²) >= 11 is 3.10. The maximum absolute atomic E-state index is 12.5. The van der Waals surface area contributed by atoms with Gasteiger partial charge in [-0.2, -0.15) is 13.2 Å². The Balaban J connectivity index is 2.80. The van der Waals surface area contributed by atoms with E-state index in [0.717, 1.165) is 12.1 Å². The van der Waals surface area contributed by atoms with Gasteiger partial charge in [0, 0.05) is 16.9 Å². The SMILES string of the molecule is CC(N)CCC(=O)Nc1cc(C(F)(F)F)ccc1Br. The Morgan fingerprint density at radius 3 is 2.63 bits per heavy atom. The molecule has 0 radical (unpaired) electrons. The molecule has 0 saturated heterocycles. The second kappa shape index (κ2) is 6.38. The summed E-state index contributed by atoms with van der Waals surface area (Å²) in [6, 6.07) is 2.97. The summed E-state index contributed by atoms with van der Waals surface area (Å²) < 4.78 is 38.0. The van der Waals surface area contributed by atoms with Crippen LogP contribution in [0, 0.1) is 0 Å². The van der Waals surface area contributed by atoms with E-state index in [0.29, 0.717) is 10.9 Å². The van der Waals surface area contributed by atoms with Gasteiger partial charge in [0.1, 0.15) is 0 Å². The van der Waals surface area contributed by atoms with Crippen LogP contribution in [0.15, 0.2) is 22.7 Å². The number of amides is 1. The minimum absolute atomic E-state index is 0.101. The van der Waals surface area contributed by atoms with E-state index in [1.807, 2.05) is 0 Å². The third-order valence-electron chi connectivity index (χ3n) is 2.39. The lowest BCUT2D eigenvalue weighted by atomic mass is 10.1. The van der Waals surface area contributed by atoms with Crippen molar-refractivity contribution in [1.29, 1.82) is 0 Å². The van der Waals surface area contributed by atoms with E-state index >= 15 is 0 Å². The highest BCUT2D eigenvalue weighted by Crippen LogP contribution is 2.33. The van der Waals surface area contributed by atoms with E-state index in [2.05, 4.69) is 21.2 Å². The molecule has 0 bridgehead atoms. The first-order valence-electron chi connectivity index (χ1n) is 5.62. The van der Waals surface area contributed by atoms with E-state index in [4.69, 9.17) is 5.73 Å². The molecule has 0 aliphatic heterocycles. The standard InChI is InChI=1S/C12H14BrF3N2O/c1-7(17)2-5-11(19)18-10-6-8(12(14,15)16)3-4-9(10)13/h3-4,6-7H,2,5,17H2,1H3,(H,18,19). The Morgan fingerprint density at radius 2 is 2.11 bits per heavy atom. The van der Waals surface area contributed by atoms with Crippen molar-refractivity contribution in [3.8, 4) is 0 Å². The van der Waals surface area contributed by atoms with E-state index in [1.54, 1.807) is 6.92 Å². The van der Waals surface area contributed by atoms with Crippen LogP contribution < -0.4 is 11.1 Å². The number of rotatable bonds is 4. The molecule has 3 nitrogen and oxygen atoms in total. The van der Waals surface area contributed by atoms with Gasteiger partial charge >= 0.3 is 6.18 Å². The highest BCUT2D eigenvalue weighted by Gasteiger charge is 2.31. The monoisotopic (exact) mass is 338 g/mol. The quantitative estimate of drug-likeness (QED) is 0.882. The number of hydrogen-bond donors (Lipinski definition) is 2.